The molecule has 0 spiro atoms. The summed E-state index contributed by atoms with van der Waals surface area (Å²) in [7, 11) is 0. The van der Waals surface area contributed by atoms with E-state index in [4.69, 9.17) is 5.73 Å². The summed E-state index contributed by atoms with van der Waals surface area (Å²) < 4.78 is 0. The molecular formula is C9H15N3S. The SMILES string of the molecule is CC1(c2cnc(N)[nH]2)CCSCC1. The molecule has 1 aliphatic heterocycles. The summed E-state index contributed by atoms with van der Waals surface area (Å²) in [6.07, 6.45) is 4.32. The van der Waals surface area contributed by atoms with E-state index in [0.29, 0.717) is 5.95 Å². The van der Waals surface area contributed by atoms with Gasteiger partial charge in [-0.25, -0.2) is 4.98 Å². The van der Waals surface area contributed by atoms with Crippen LogP contribution in [0, 0.1) is 0 Å². The van der Waals surface area contributed by atoms with Crippen LogP contribution in [0.3, 0.4) is 0 Å². The van der Waals surface area contributed by atoms with Crippen molar-refractivity contribution in [3.63, 3.8) is 0 Å². The van der Waals surface area contributed by atoms with Gasteiger partial charge < -0.3 is 10.7 Å². The van der Waals surface area contributed by atoms with Gasteiger partial charge in [0.05, 0.1) is 6.20 Å². The number of rotatable bonds is 1. The summed E-state index contributed by atoms with van der Waals surface area (Å²) in [5, 5.41) is 0. The van der Waals surface area contributed by atoms with E-state index in [1.54, 1.807) is 0 Å². The fourth-order valence-electron chi connectivity index (χ4n) is 1.73. The maximum Gasteiger partial charge on any atom is 0.197 e. The molecule has 1 aromatic heterocycles. The van der Waals surface area contributed by atoms with Gasteiger partial charge in [-0.2, -0.15) is 11.8 Å². The fourth-order valence-corrected chi connectivity index (χ4v) is 3.13. The summed E-state index contributed by atoms with van der Waals surface area (Å²) in [5.41, 5.74) is 7.05. The van der Waals surface area contributed by atoms with Gasteiger partial charge >= 0.3 is 0 Å². The van der Waals surface area contributed by atoms with Crippen LogP contribution >= 0.6 is 11.8 Å². The summed E-state index contributed by atoms with van der Waals surface area (Å²) in [6.45, 7) is 2.29. The number of nitrogens with two attached hydrogens (primary N) is 1. The van der Waals surface area contributed by atoms with Crippen LogP contribution in [0.4, 0.5) is 5.95 Å². The molecular weight excluding hydrogens is 182 g/mol. The number of hydrogen-bond donors (Lipinski definition) is 2. The molecule has 1 fully saturated rings. The van der Waals surface area contributed by atoms with Crippen LogP contribution in [0.5, 0.6) is 0 Å². The third-order valence-corrected chi connectivity index (χ3v) is 3.83. The number of thioether (sulfide) groups is 1. The van der Waals surface area contributed by atoms with Crippen LogP contribution in [0.25, 0.3) is 0 Å². The third-order valence-electron chi connectivity index (χ3n) is 2.84. The highest BCUT2D eigenvalue weighted by molar-refractivity contribution is 7.99. The van der Waals surface area contributed by atoms with Crippen molar-refractivity contribution in [3.05, 3.63) is 11.9 Å². The van der Waals surface area contributed by atoms with Gasteiger partial charge in [-0.15, -0.1) is 0 Å². The molecule has 0 atom stereocenters. The number of aromatic nitrogens is 2. The standard InChI is InChI=1S/C9H15N3S/c1-9(2-4-13-5-3-9)7-6-11-8(10)12-7/h6H,2-5H2,1H3,(H3,10,11,12). The van der Waals surface area contributed by atoms with Crippen LogP contribution < -0.4 is 5.73 Å². The molecule has 0 amide bonds. The second-order valence-corrected chi connectivity index (χ2v) is 5.08. The van der Waals surface area contributed by atoms with Gasteiger partial charge in [-0.3, -0.25) is 0 Å². The van der Waals surface area contributed by atoms with E-state index in [2.05, 4.69) is 16.9 Å². The number of nitrogens with one attached hydrogen (secondary N) is 1. The summed E-state index contributed by atoms with van der Waals surface area (Å²) >= 11 is 2.03. The maximum absolute atomic E-state index is 5.57. The number of anilines is 1. The normalized spacial score (nSPS) is 21.6. The van der Waals surface area contributed by atoms with E-state index in [9.17, 15) is 0 Å². The molecule has 4 heteroatoms. The maximum atomic E-state index is 5.57. The molecule has 0 radical (unpaired) electrons. The molecule has 0 aromatic carbocycles. The average molecular weight is 197 g/mol. The third kappa shape index (κ3) is 1.68. The number of imidazole rings is 1. The van der Waals surface area contributed by atoms with Crippen molar-refractivity contribution in [1.29, 1.82) is 0 Å². The lowest BCUT2D eigenvalue weighted by molar-refractivity contribution is 0.426. The number of nitrogen functional groups attached to an aromatic ring is 1. The van der Waals surface area contributed by atoms with Crippen LogP contribution in [-0.2, 0) is 5.41 Å². The Hall–Kier alpha value is -0.640. The molecule has 0 saturated carbocycles. The molecule has 2 rings (SSSR count). The molecule has 1 aromatic rings. The van der Waals surface area contributed by atoms with Gasteiger partial charge in [-0.1, -0.05) is 6.92 Å². The lowest BCUT2D eigenvalue weighted by Crippen LogP contribution is -2.27. The first-order valence-corrected chi connectivity index (χ1v) is 5.75. The largest absolute Gasteiger partial charge is 0.369 e. The fraction of sp³-hybridized carbons (Fsp3) is 0.667. The zero-order chi connectivity index (χ0) is 9.31. The summed E-state index contributed by atoms with van der Waals surface area (Å²) in [6, 6.07) is 0. The Morgan fingerprint density at radius 2 is 2.23 bits per heavy atom. The van der Waals surface area contributed by atoms with Crippen LogP contribution in [-0.4, -0.2) is 21.5 Å². The first-order chi connectivity index (χ1) is 6.21. The molecule has 1 saturated heterocycles. The average Bonchev–Trinajstić information content (AvgIpc) is 2.54. The second-order valence-electron chi connectivity index (χ2n) is 3.86. The van der Waals surface area contributed by atoms with Gasteiger partial charge in [0, 0.05) is 11.1 Å². The van der Waals surface area contributed by atoms with Crippen molar-refractivity contribution in [3.8, 4) is 0 Å². The molecule has 13 heavy (non-hydrogen) atoms. The number of hydrogen-bond acceptors (Lipinski definition) is 3. The Balaban J connectivity index is 2.22. The van der Waals surface area contributed by atoms with Crippen LogP contribution in [0.15, 0.2) is 6.20 Å². The zero-order valence-electron chi connectivity index (χ0n) is 7.84. The number of nitrogens with zero attached hydrogens (tertiary/aromatic N) is 1. The molecule has 0 aliphatic carbocycles. The molecule has 2 heterocycles. The molecule has 0 unspecified atom stereocenters. The molecule has 1 aliphatic rings. The Morgan fingerprint density at radius 1 is 1.54 bits per heavy atom. The van der Waals surface area contributed by atoms with Crippen LogP contribution in [0.1, 0.15) is 25.5 Å². The van der Waals surface area contributed by atoms with E-state index in [0.717, 1.165) is 0 Å². The molecule has 3 N–H and O–H groups in total. The van der Waals surface area contributed by atoms with Gasteiger partial charge in [0.25, 0.3) is 0 Å². The predicted octanol–water partition coefficient (Wildman–Crippen LogP) is 1.78. The van der Waals surface area contributed by atoms with Crippen molar-refractivity contribution >= 4 is 17.7 Å². The summed E-state index contributed by atoms with van der Waals surface area (Å²) in [5.74, 6) is 3.03. The van der Waals surface area contributed by atoms with E-state index in [1.165, 1.54) is 30.0 Å². The number of aromatic amines is 1. The minimum absolute atomic E-state index is 0.274. The van der Waals surface area contributed by atoms with Gasteiger partial charge in [0.1, 0.15) is 0 Å². The first kappa shape index (κ1) is 8.94. The molecule has 0 bridgehead atoms. The van der Waals surface area contributed by atoms with Crippen molar-refractivity contribution in [2.75, 3.05) is 17.2 Å². The van der Waals surface area contributed by atoms with Crippen molar-refractivity contribution in [1.82, 2.24) is 9.97 Å². The number of H-pyrrole nitrogens is 1. The Bertz CT molecular complexity index is 289. The van der Waals surface area contributed by atoms with Gasteiger partial charge in [0.15, 0.2) is 5.95 Å². The minimum Gasteiger partial charge on any atom is -0.369 e. The van der Waals surface area contributed by atoms with Crippen molar-refractivity contribution in [2.45, 2.75) is 25.2 Å². The molecule has 3 nitrogen and oxygen atoms in total. The quantitative estimate of drug-likeness (QED) is 0.721. The van der Waals surface area contributed by atoms with Gasteiger partial charge in [-0.05, 0) is 24.3 Å². The Kier molecular flexibility index (Phi) is 2.24. The lowest BCUT2D eigenvalue weighted by Gasteiger charge is -2.31. The Labute approximate surface area is 82.5 Å². The lowest BCUT2D eigenvalue weighted by atomic mass is 9.81. The van der Waals surface area contributed by atoms with Crippen LogP contribution in [0.2, 0.25) is 0 Å². The summed E-state index contributed by atoms with van der Waals surface area (Å²) in [4.78, 5) is 7.20. The Morgan fingerprint density at radius 3 is 2.77 bits per heavy atom. The topological polar surface area (TPSA) is 54.7 Å². The van der Waals surface area contributed by atoms with Crippen molar-refractivity contribution in [2.24, 2.45) is 0 Å². The predicted molar refractivity (Wildman–Crippen MR) is 56.9 cm³/mol. The van der Waals surface area contributed by atoms with Gasteiger partial charge in [0.2, 0.25) is 0 Å². The zero-order valence-corrected chi connectivity index (χ0v) is 8.66. The molecule has 72 valence electrons. The van der Waals surface area contributed by atoms with E-state index in [1.807, 2.05) is 18.0 Å². The van der Waals surface area contributed by atoms with E-state index < -0.39 is 0 Å². The van der Waals surface area contributed by atoms with E-state index >= 15 is 0 Å². The monoisotopic (exact) mass is 197 g/mol. The highest BCUT2D eigenvalue weighted by Gasteiger charge is 2.30. The first-order valence-electron chi connectivity index (χ1n) is 4.59. The highest BCUT2D eigenvalue weighted by Crippen LogP contribution is 2.36. The van der Waals surface area contributed by atoms with Crippen molar-refractivity contribution < 1.29 is 0 Å². The highest BCUT2D eigenvalue weighted by atomic mass is 32.2. The smallest absolute Gasteiger partial charge is 0.197 e. The second kappa shape index (κ2) is 3.25. The minimum atomic E-state index is 0.274. The van der Waals surface area contributed by atoms with E-state index in [-0.39, 0.29) is 5.41 Å².